The van der Waals surface area contributed by atoms with E-state index in [1.54, 1.807) is 13.2 Å². The van der Waals surface area contributed by atoms with Crippen molar-refractivity contribution in [1.29, 1.82) is 0 Å². The van der Waals surface area contributed by atoms with Gasteiger partial charge in [-0.05, 0) is 31.7 Å². The van der Waals surface area contributed by atoms with Gasteiger partial charge in [-0.3, -0.25) is 0 Å². The Morgan fingerprint density at radius 1 is 1.42 bits per heavy atom. The molecule has 3 rings (SSSR count). The van der Waals surface area contributed by atoms with Crippen molar-refractivity contribution in [1.82, 2.24) is 14.9 Å². The van der Waals surface area contributed by atoms with Gasteiger partial charge in [0.05, 0.1) is 7.11 Å². The van der Waals surface area contributed by atoms with Crippen LogP contribution < -0.4 is 15.8 Å². The molecule has 2 aliphatic rings. The zero-order chi connectivity index (χ0) is 13.2. The van der Waals surface area contributed by atoms with Gasteiger partial charge in [0.1, 0.15) is 5.82 Å². The lowest BCUT2D eigenvalue weighted by Crippen LogP contribution is -2.25. The van der Waals surface area contributed by atoms with Gasteiger partial charge in [-0.25, -0.2) is 0 Å². The summed E-state index contributed by atoms with van der Waals surface area (Å²) in [5.74, 6) is 2.19. The van der Waals surface area contributed by atoms with Crippen molar-refractivity contribution in [3.05, 3.63) is 6.07 Å². The van der Waals surface area contributed by atoms with E-state index in [1.807, 2.05) is 0 Å². The number of hydrogen-bond acceptors (Lipinski definition) is 6. The average molecular weight is 263 g/mol. The summed E-state index contributed by atoms with van der Waals surface area (Å²) in [5, 5.41) is 3.34. The van der Waals surface area contributed by atoms with Crippen molar-refractivity contribution in [2.75, 3.05) is 37.8 Å². The Hall–Kier alpha value is -1.56. The zero-order valence-electron chi connectivity index (χ0n) is 11.3. The molecule has 0 radical (unpaired) electrons. The van der Waals surface area contributed by atoms with Crippen molar-refractivity contribution in [3.8, 4) is 5.88 Å². The fraction of sp³-hybridized carbons (Fsp3) is 0.692. The molecule has 2 heterocycles. The van der Waals surface area contributed by atoms with E-state index >= 15 is 0 Å². The Morgan fingerprint density at radius 2 is 2.26 bits per heavy atom. The molecule has 1 saturated heterocycles. The highest BCUT2D eigenvalue weighted by atomic mass is 16.5. The van der Waals surface area contributed by atoms with E-state index < -0.39 is 0 Å². The maximum atomic E-state index is 5.64. The minimum atomic E-state index is 0.243. The van der Waals surface area contributed by atoms with E-state index in [0.717, 1.165) is 18.4 Å². The van der Waals surface area contributed by atoms with Gasteiger partial charge in [0.2, 0.25) is 11.8 Å². The third-order valence-corrected chi connectivity index (χ3v) is 3.88. The number of nitrogens with two attached hydrogens (primary N) is 1. The number of nitrogen functional groups attached to an aromatic ring is 1. The summed E-state index contributed by atoms with van der Waals surface area (Å²) in [7, 11) is 1.58. The summed E-state index contributed by atoms with van der Waals surface area (Å²) >= 11 is 0. The molecule has 19 heavy (non-hydrogen) atoms. The highest BCUT2D eigenvalue weighted by Crippen LogP contribution is 2.31. The van der Waals surface area contributed by atoms with Crippen molar-refractivity contribution >= 4 is 11.8 Å². The van der Waals surface area contributed by atoms with Crippen LogP contribution in [-0.4, -0.2) is 47.7 Å². The molecule has 1 aromatic rings. The van der Waals surface area contributed by atoms with E-state index in [-0.39, 0.29) is 5.95 Å². The molecule has 1 saturated carbocycles. The van der Waals surface area contributed by atoms with E-state index in [1.165, 1.54) is 32.4 Å². The quantitative estimate of drug-likeness (QED) is 0.824. The lowest BCUT2D eigenvalue weighted by atomic mass is 10.1. The first-order chi connectivity index (χ1) is 9.24. The molecule has 6 nitrogen and oxygen atoms in total. The van der Waals surface area contributed by atoms with E-state index in [4.69, 9.17) is 10.5 Å². The summed E-state index contributed by atoms with van der Waals surface area (Å²) in [5.41, 5.74) is 5.64. The third kappa shape index (κ3) is 3.07. The Labute approximate surface area is 113 Å². The van der Waals surface area contributed by atoms with Gasteiger partial charge in [0, 0.05) is 25.2 Å². The molecule has 3 N–H and O–H groups in total. The van der Waals surface area contributed by atoms with Gasteiger partial charge >= 0.3 is 0 Å². The fourth-order valence-corrected chi connectivity index (χ4v) is 2.69. The zero-order valence-corrected chi connectivity index (χ0v) is 11.3. The first-order valence-electron chi connectivity index (χ1n) is 6.91. The second kappa shape index (κ2) is 5.21. The average Bonchev–Trinajstić information content (AvgIpc) is 3.15. The number of ether oxygens (including phenoxy) is 1. The molecule has 104 valence electrons. The van der Waals surface area contributed by atoms with Crippen molar-refractivity contribution in [3.63, 3.8) is 0 Å². The normalized spacial score (nSPS) is 23.5. The first-order valence-corrected chi connectivity index (χ1v) is 6.91. The molecular formula is C13H21N5O. The third-order valence-electron chi connectivity index (χ3n) is 3.88. The maximum absolute atomic E-state index is 5.64. The minimum Gasteiger partial charge on any atom is -0.481 e. The minimum absolute atomic E-state index is 0.243. The number of rotatable bonds is 5. The van der Waals surface area contributed by atoms with Gasteiger partial charge < -0.3 is 20.7 Å². The molecule has 1 aliphatic heterocycles. The van der Waals surface area contributed by atoms with Crippen LogP contribution in [0.5, 0.6) is 5.88 Å². The molecule has 0 spiro atoms. The van der Waals surface area contributed by atoms with Crippen LogP contribution >= 0.6 is 0 Å². The molecule has 0 amide bonds. The first kappa shape index (κ1) is 12.5. The molecule has 0 bridgehead atoms. The molecule has 0 aromatic carbocycles. The van der Waals surface area contributed by atoms with Crippen LogP contribution in [0.25, 0.3) is 0 Å². The molecular weight excluding hydrogens is 242 g/mol. The van der Waals surface area contributed by atoms with Crippen LogP contribution in [0.3, 0.4) is 0 Å². The van der Waals surface area contributed by atoms with Gasteiger partial charge in [-0.15, -0.1) is 0 Å². The number of hydrogen-bond donors (Lipinski definition) is 2. The van der Waals surface area contributed by atoms with Gasteiger partial charge in [0.25, 0.3) is 0 Å². The maximum Gasteiger partial charge on any atom is 0.225 e. The summed E-state index contributed by atoms with van der Waals surface area (Å²) in [6, 6.07) is 2.66. The van der Waals surface area contributed by atoms with Crippen molar-refractivity contribution < 1.29 is 4.74 Å². The van der Waals surface area contributed by atoms with Crippen LogP contribution in [0.4, 0.5) is 11.8 Å². The second-order valence-corrected chi connectivity index (χ2v) is 5.42. The SMILES string of the molecule is COc1cc(NCC2CCN(C3CC3)C2)nc(N)n1. The predicted octanol–water partition coefficient (Wildman–Crippen LogP) is 0.964. The number of likely N-dealkylation sites (tertiary alicyclic amines) is 1. The van der Waals surface area contributed by atoms with Crippen molar-refractivity contribution in [2.24, 2.45) is 5.92 Å². The number of nitrogens with one attached hydrogen (secondary N) is 1. The number of methoxy groups -OCH3 is 1. The largest absolute Gasteiger partial charge is 0.481 e. The molecule has 1 atom stereocenters. The molecule has 1 aromatic heterocycles. The summed E-state index contributed by atoms with van der Waals surface area (Å²) in [4.78, 5) is 10.8. The smallest absolute Gasteiger partial charge is 0.225 e. The van der Waals surface area contributed by atoms with E-state index in [2.05, 4.69) is 20.2 Å². The number of anilines is 2. The van der Waals surface area contributed by atoms with Gasteiger partial charge in [0.15, 0.2) is 0 Å². The standard InChI is InChI=1S/C13H21N5O/c1-19-12-6-11(16-13(14)17-12)15-7-9-4-5-18(8-9)10-2-3-10/h6,9-10H,2-5,7-8H2,1H3,(H3,14,15,16,17). The fourth-order valence-electron chi connectivity index (χ4n) is 2.69. The highest BCUT2D eigenvalue weighted by molar-refractivity contribution is 5.42. The Balaban J connectivity index is 1.53. The summed E-state index contributed by atoms with van der Waals surface area (Å²) < 4.78 is 5.08. The Bertz CT molecular complexity index is 449. The molecule has 1 unspecified atom stereocenters. The summed E-state index contributed by atoms with van der Waals surface area (Å²) in [6.45, 7) is 3.38. The number of aromatic nitrogens is 2. The van der Waals surface area contributed by atoms with E-state index in [0.29, 0.717) is 11.8 Å². The predicted molar refractivity (Wildman–Crippen MR) is 74.2 cm³/mol. The Morgan fingerprint density at radius 3 is 3.00 bits per heavy atom. The highest BCUT2D eigenvalue weighted by Gasteiger charge is 2.34. The lowest BCUT2D eigenvalue weighted by molar-refractivity contribution is 0.316. The monoisotopic (exact) mass is 263 g/mol. The number of nitrogens with zero attached hydrogens (tertiary/aromatic N) is 3. The second-order valence-electron chi connectivity index (χ2n) is 5.42. The van der Waals surface area contributed by atoms with Gasteiger partial charge in [-0.2, -0.15) is 9.97 Å². The van der Waals surface area contributed by atoms with Crippen LogP contribution in [0.15, 0.2) is 6.07 Å². The Kier molecular flexibility index (Phi) is 3.42. The van der Waals surface area contributed by atoms with Crippen LogP contribution in [-0.2, 0) is 0 Å². The van der Waals surface area contributed by atoms with Crippen molar-refractivity contribution in [2.45, 2.75) is 25.3 Å². The summed E-state index contributed by atoms with van der Waals surface area (Å²) in [6.07, 6.45) is 4.04. The topological polar surface area (TPSA) is 76.3 Å². The van der Waals surface area contributed by atoms with Crippen LogP contribution in [0.1, 0.15) is 19.3 Å². The molecule has 1 aliphatic carbocycles. The van der Waals surface area contributed by atoms with Crippen LogP contribution in [0.2, 0.25) is 0 Å². The molecule has 6 heteroatoms. The van der Waals surface area contributed by atoms with E-state index in [9.17, 15) is 0 Å². The lowest BCUT2D eigenvalue weighted by Gasteiger charge is -2.15. The van der Waals surface area contributed by atoms with Gasteiger partial charge in [-0.1, -0.05) is 0 Å². The van der Waals surface area contributed by atoms with Crippen LogP contribution in [0, 0.1) is 5.92 Å². The molecule has 2 fully saturated rings.